The summed E-state index contributed by atoms with van der Waals surface area (Å²) in [6, 6.07) is 4.96. The number of rotatable bonds is 0. The van der Waals surface area contributed by atoms with Crippen LogP contribution in [0.2, 0.25) is 0 Å². The standard InChI is InChI=1S/C9H7BrO2/c10-8-3-4-9(12)7(6-8)2-1-5-11/h3-4,6,11-12H,5H2. The van der Waals surface area contributed by atoms with E-state index >= 15 is 0 Å². The predicted octanol–water partition coefficient (Wildman–Crippen LogP) is 1.50. The highest BCUT2D eigenvalue weighted by atomic mass is 79.9. The van der Waals surface area contributed by atoms with Gasteiger partial charge in [-0.15, -0.1) is 0 Å². The van der Waals surface area contributed by atoms with E-state index in [0.717, 1.165) is 4.47 Å². The molecule has 2 nitrogen and oxygen atoms in total. The summed E-state index contributed by atoms with van der Waals surface area (Å²) in [5, 5.41) is 17.7. The van der Waals surface area contributed by atoms with E-state index in [1.54, 1.807) is 18.2 Å². The average Bonchev–Trinajstić information content (AvgIpc) is 2.07. The van der Waals surface area contributed by atoms with Crippen LogP contribution in [0.3, 0.4) is 0 Å². The Labute approximate surface area is 79.0 Å². The lowest BCUT2D eigenvalue weighted by Crippen LogP contribution is -1.78. The van der Waals surface area contributed by atoms with Crippen molar-refractivity contribution in [3.05, 3.63) is 28.2 Å². The molecule has 0 aromatic heterocycles. The molecule has 0 saturated carbocycles. The minimum Gasteiger partial charge on any atom is -0.507 e. The zero-order valence-corrected chi connectivity index (χ0v) is 7.80. The zero-order chi connectivity index (χ0) is 8.97. The number of phenolic OH excluding ortho intramolecular Hbond substituents is 1. The fourth-order valence-corrected chi connectivity index (χ4v) is 1.10. The van der Waals surface area contributed by atoms with Crippen molar-refractivity contribution in [2.75, 3.05) is 6.61 Å². The molecule has 2 N–H and O–H groups in total. The molecule has 0 aliphatic carbocycles. The number of hydrogen-bond donors (Lipinski definition) is 2. The number of halogens is 1. The lowest BCUT2D eigenvalue weighted by molar-refractivity contribution is 0.350. The molecule has 0 aliphatic heterocycles. The number of benzene rings is 1. The van der Waals surface area contributed by atoms with Gasteiger partial charge in [0, 0.05) is 4.47 Å². The van der Waals surface area contributed by atoms with E-state index in [1.165, 1.54) is 0 Å². The SMILES string of the molecule is OCC#Cc1cc(Br)ccc1O. The smallest absolute Gasteiger partial charge is 0.131 e. The van der Waals surface area contributed by atoms with Crippen LogP contribution in [0.1, 0.15) is 5.56 Å². The second-order valence-corrected chi connectivity index (χ2v) is 3.04. The summed E-state index contributed by atoms with van der Waals surface area (Å²) in [6.07, 6.45) is 0. The van der Waals surface area contributed by atoms with Crippen molar-refractivity contribution in [1.82, 2.24) is 0 Å². The Morgan fingerprint density at radius 1 is 1.42 bits per heavy atom. The Bertz CT molecular complexity index is 336. The molecule has 0 unspecified atom stereocenters. The van der Waals surface area contributed by atoms with Gasteiger partial charge in [-0.1, -0.05) is 27.8 Å². The van der Waals surface area contributed by atoms with Crippen molar-refractivity contribution in [3.8, 4) is 17.6 Å². The third-order valence-electron chi connectivity index (χ3n) is 1.26. The van der Waals surface area contributed by atoms with Gasteiger partial charge in [-0.3, -0.25) is 0 Å². The Hall–Kier alpha value is -0.980. The molecule has 1 rings (SSSR count). The van der Waals surface area contributed by atoms with Crippen molar-refractivity contribution in [3.63, 3.8) is 0 Å². The van der Waals surface area contributed by atoms with Crippen LogP contribution in [0, 0.1) is 11.8 Å². The lowest BCUT2D eigenvalue weighted by atomic mass is 10.2. The van der Waals surface area contributed by atoms with E-state index < -0.39 is 0 Å². The van der Waals surface area contributed by atoms with Crippen LogP contribution in [0.25, 0.3) is 0 Å². The normalized spacial score (nSPS) is 8.83. The van der Waals surface area contributed by atoms with Crippen molar-refractivity contribution in [2.24, 2.45) is 0 Å². The van der Waals surface area contributed by atoms with Crippen LogP contribution < -0.4 is 0 Å². The van der Waals surface area contributed by atoms with Crippen LogP contribution in [0.4, 0.5) is 0 Å². The second kappa shape index (κ2) is 4.15. The largest absolute Gasteiger partial charge is 0.507 e. The van der Waals surface area contributed by atoms with Crippen LogP contribution in [-0.4, -0.2) is 16.8 Å². The van der Waals surface area contributed by atoms with Gasteiger partial charge < -0.3 is 10.2 Å². The molecule has 3 heteroatoms. The maximum Gasteiger partial charge on any atom is 0.131 e. The molecule has 0 bridgehead atoms. The van der Waals surface area contributed by atoms with E-state index in [4.69, 9.17) is 5.11 Å². The lowest BCUT2D eigenvalue weighted by Gasteiger charge is -1.96. The molecule has 0 atom stereocenters. The molecule has 12 heavy (non-hydrogen) atoms. The third-order valence-corrected chi connectivity index (χ3v) is 1.75. The molecule has 0 fully saturated rings. The molecule has 1 aromatic rings. The monoisotopic (exact) mass is 226 g/mol. The number of aromatic hydroxyl groups is 1. The molecule has 0 spiro atoms. The molecule has 0 radical (unpaired) electrons. The minimum atomic E-state index is -0.202. The van der Waals surface area contributed by atoms with Crippen molar-refractivity contribution >= 4 is 15.9 Å². The first kappa shape index (κ1) is 9.11. The van der Waals surface area contributed by atoms with Gasteiger partial charge in [-0.25, -0.2) is 0 Å². The summed E-state index contributed by atoms with van der Waals surface area (Å²) in [5.41, 5.74) is 0.512. The van der Waals surface area contributed by atoms with E-state index in [0.29, 0.717) is 5.56 Å². The zero-order valence-electron chi connectivity index (χ0n) is 6.21. The first-order chi connectivity index (χ1) is 5.74. The van der Waals surface area contributed by atoms with Crippen molar-refractivity contribution in [2.45, 2.75) is 0 Å². The minimum absolute atomic E-state index is 0.124. The maximum atomic E-state index is 9.26. The van der Waals surface area contributed by atoms with Crippen LogP contribution in [0.5, 0.6) is 5.75 Å². The van der Waals surface area contributed by atoms with Crippen molar-refractivity contribution < 1.29 is 10.2 Å². The summed E-state index contributed by atoms with van der Waals surface area (Å²) in [4.78, 5) is 0. The fourth-order valence-electron chi connectivity index (χ4n) is 0.743. The Morgan fingerprint density at radius 3 is 2.83 bits per heavy atom. The molecule has 0 aliphatic rings. The van der Waals surface area contributed by atoms with Crippen LogP contribution in [-0.2, 0) is 0 Å². The topological polar surface area (TPSA) is 40.5 Å². The first-order valence-electron chi connectivity index (χ1n) is 3.32. The molecular formula is C9H7BrO2. The average molecular weight is 227 g/mol. The van der Waals surface area contributed by atoms with Gasteiger partial charge in [-0.2, -0.15) is 0 Å². The van der Waals surface area contributed by atoms with Gasteiger partial charge in [0.25, 0.3) is 0 Å². The predicted molar refractivity (Wildman–Crippen MR) is 49.8 cm³/mol. The van der Waals surface area contributed by atoms with E-state index in [9.17, 15) is 5.11 Å². The highest BCUT2D eigenvalue weighted by molar-refractivity contribution is 9.10. The Morgan fingerprint density at radius 2 is 2.17 bits per heavy atom. The summed E-state index contributed by atoms with van der Waals surface area (Å²) < 4.78 is 0.850. The van der Waals surface area contributed by atoms with Crippen molar-refractivity contribution in [1.29, 1.82) is 0 Å². The first-order valence-corrected chi connectivity index (χ1v) is 4.11. The highest BCUT2D eigenvalue weighted by Gasteiger charge is 1.96. The van der Waals surface area contributed by atoms with Gasteiger partial charge in [0.2, 0.25) is 0 Å². The number of hydrogen-bond acceptors (Lipinski definition) is 2. The summed E-state index contributed by atoms with van der Waals surface area (Å²) in [7, 11) is 0. The van der Waals surface area contributed by atoms with Gasteiger partial charge >= 0.3 is 0 Å². The maximum absolute atomic E-state index is 9.26. The molecule has 0 amide bonds. The fraction of sp³-hybridized carbons (Fsp3) is 0.111. The molecule has 0 saturated heterocycles. The van der Waals surface area contributed by atoms with Crippen LogP contribution in [0.15, 0.2) is 22.7 Å². The van der Waals surface area contributed by atoms with Gasteiger partial charge in [0.15, 0.2) is 0 Å². The number of phenols is 1. The van der Waals surface area contributed by atoms with Gasteiger partial charge in [-0.05, 0) is 18.2 Å². The number of aliphatic hydroxyl groups excluding tert-OH is 1. The van der Waals surface area contributed by atoms with E-state index in [1.807, 2.05) is 0 Å². The quantitative estimate of drug-likeness (QED) is 0.659. The molecule has 62 valence electrons. The second-order valence-electron chi connectivity index (χ2n) is 2.12. The Balaban J connectivity index is 3.05. The summed E-state index contributed by atoms with van der Waals surface area (Å²) in [5.74, 6) is 5.20. The highest BCUT2D eigenvalue weighted by Crippen LogP contribution is 2.20. The van der Waals surface area contributed by atoms with Gasteiger partial charge in [0.05, 0.1) is 5.56 Å². The molecular weight excluding hydrogens is 220 g/mol. The van der Waals surface area contributed by atoms with Crippen LogP contribution >= 0.6 is 15.9 Å². The van der Waals surface area contributed by atoms with Gasteiger partial charge in [0.1, 0.15) is 12.4 Å². The molecule has 0 heterocycles. The number of aliphatic hydroxyl groups is 1. The molecule has 1 aromatic carbocycles. The van der Waals surface area contributed by atoms with E-state index in [-0.39, 0.29) is 12.4 Å². The Kier molecular flexibility index (Phi) is 3.15. The summed E-state index contributed by atoms with van der Waals surface area (Å²) in [6.45, 7) is -0.202. The van der Waals surface area contributed by atoms with E-state index in [2.05, 4.69) is 27.8 Å². The third kappa shape index (κ3) is 2.26. The summed E-state index contributed by atoms with van der Waals surface area (Å²) >= 11 is 3.25.